The molecule has 1 fully saturated rings. The van der Waals surface area contributed by atoms with Crippen molar-refractivity contribution in [2.75, 3.05) is 29.4 Å². The summed E-state index contributed by atoms with van der Waals surface area (Å²) in [5.41, 5.74) is 9.74. The van der Waals surface area contributed by atoms with Gasteiger partial charge in [0.25, 0.3) is 0 Å². The fourth-order valence-electron chi connectivity index (χ4n) is 6.78. The second-order valence-corrected chi connectivity index (χ2v) is 15.4. The highest BCUT2D eigenvalue weighted by Gasteiger charge is 2.36. The SMILES string of the molecule is Cc1nc(C)c(C(OC(C)(C)C)C(=O)O)c(N2CCC(C)(C)CC2)c1-c1ccc2c(c1)CCN(c1nc(-c3ccccc3)cs1)C2. The number of carbonyl (C=O) groups is 1. The number of carboxylic acid groups (broad SMARTS) is 1. The van der Waals surface area contributed by atoms with Gasteiger partial charge in [-0.05, 0) is 76.0 Å². The van der Waals surface area contributed by atoms with Crippen LogP contribution in [0.3, 0.4) is 0 Å². The first-order valence-corrected chi connectivity index (χ1v) is 17.2. The van der Waals surface area contributed by atoms with Crippen molar-refractivity contribution in [1.29, 1.82) is 0 Å². The molecule has 0 amide bonds. The molecule has 0 spiro atoms. The first-order chi connectivity index (χ1) is 21.8. The van der Waals surface area contributed by atoms with Crippen LogP contribution in [0, 0.1) is 19.3 Å². The van der Waals surface area contributed by atoms with E-state index in [4.69, 9.17) is 14.7 Å². The fraction of sp³-hybridized carbons (Fsp3) is 0.447. The molecule has 1 unspecified atom stereocenters. The Bertz CT molecular complexity index is 1730. The number of carboxylic acids is 1. The molecule has 8 heteroatoms. The fourth-order valence-corrected chi connectivity index (χ4v) is 7.64. The van der Waals surface area contributed by atoms with Crippen LogP contribution < -0.4 is 9.80 Å². The molecule has 2 aromatic heterocycles. The minimum Gasteiger partial charge on any atom is -0.479 e. The number of piperidine rings is 1. The van der Waals surface area contributed by atoms with E-state index in [9.17, 15) is 9.90 Å². The highest BCUT2D eigenvalue weighted by Crippen LogP contribution is 2.45. The molecule has 1 N–H and O–H groups in total. The third-order valence-corrected chi connectivity index (χ3v) is 10.2. The van der Waals surface area contributed by atoms with E-state index in [1.807, 2.05) is 45.9 Å². The quantitative estimate of drug-likeness (QED) is 0.217. The molecule has 0 bridgehead atoms. The number of aliphatic carboxylic acids is 1. The van der Waals surface area contributed by atoms with Crippen LogP contribution in [0.15, 0.2) is 53.9 Å². The Morgan fingerprint density at radius 1 is 0.935 bits per heavy atom. The summed E-state index contributed by atoms with van der Waals surface area (Å²) >= 11 is 1.70. The van der Waals surface area contributed by atoms with Gasteiger partial charge in [0.2, 0.25) is 0 Å². The van der Waals surface area contributed by atoms with Crippen molar-refractivity contribution < 1.29 is 14.6 Å². The van der Waals surface area contributed by atoms with E-state index in [1.54, 1.807) is 11.3 Å². The number of thiazole rings is 1. The summed E-state index contributed by atoms with van der Waals surface area (Å²) < 4.78 is 6.27. The van der Waals surface area contributed by atoms with E-state index in [1.165, 1.54) is 11.1 Å². The molecule has 0 aliphatic carbocycles. The lowest BCUT2D eigenvalue weighted by Crippen LogP contribution is -2.39. The van der Waals surface area contributed by atoms with Gasteiger partial charge >= 0.3 is 5.97 Å². The highest BCUT2D eigenvalue weighted by molar-refractivity contribution is 7.14. The summed E-state index contributed by atoms with van der Waals surface area (Å²) in [7, 11) is 0. The zero-order chi connectivity index (χ0) is 32.8. The van der Waals surface area contributed by atoms with Crippen LogP contribution in [0.2, 0.25) is 0 Å². The predicted octanol–water partition coefficient (Wildman–Crippen LogP) is 8.62. The maximum absolute atomic E-state index is 12.8. The normalized spacial score (nSPS) is 17.1. The third kappa shape index (κ3) is 6.69. The van der Waals surface area contributed by atoms with Crippen LogP contribution >= 0.6 is 11.3 Å². The molecular formula is C38H46N4O3S. The summed E-state index contributed by atoms with van der Waals surface area (Å²) in [6, 6.07) is 17.1. The van der Waals surface area contributed by atoms with E-state index in [0.717, 1.165) is 84.3 Å². The van der Waals surface area contributed by atoms with Crippen molar-refractivity contribution in [3.8, 4) is 22.4 Å². The van der Waals surface area contributed by atoms with Crippen molar-refractivity contribution in [3.05, 3.63) is 82.0 Å². The number of hydrogen-bond donors (Lipinski definition) is 1. The summed E-state index contributed by atoms with van der Waals surface area (Å²) in [5, 5.41) is 13.7. The van der Waals surface area contributed by atoms with E-state index < -0.39 is 17.7 Å². The van der Waals surface area contributed by atoms with Crippen LogP contribution in [0.4, 0.5) is 10.8 Å². The zero-order valence-corrected chi connectivity index (χ0v) is 29.0. The minimum absolute atomic E-state index is 0.249. The van der Waals surface area contributed by atoms with Gasteiger partial charge in [0.1, 0.15) is 0 Å². The number of fused-ring (bicyclic) bond motifs is 1. The number of nitrogens with zero attached hydrogens (tertiary/aromatic N) is 4. The molecular weight excluding hydrogens is 593 g/mol. The van der Waals surface area contributed by atoms with Crippen molar-refractivity contribution >= 4 is 28.1 Å². The number of hydrogen-bond acceptors (Lipinski definition) is 7. The summed E-state index contributed by atoms with van der Waals surface area (Å²) in [6.45, 7) is 17.8. The maximum Gasteiger partial charge on any atom is 0.337 e. The third-order valence-electron chi connectivity index (χ3n) is 9.31. The molecule has 2 aliphatic rings. The topological polar surface area (TPSA) is 78.8 Å². The summed E-state index contributed by atoms with van der Waals surface area (Å²) in [6.07, 6.45) is 1.86. The number of ether oxygens (including phenoxy) is 1. The molecule has 4 aromatic rings. The monoisotopic (exact) mass is 638 g/mol. The van der Waals surface area contributed by atoms with Gasteiger partial charge in [-0.2, -0.15) is 0 Å². The Morgan fingerprint density at radius 3 is 2.33 bits per heavy atom. The van der Waals surface area contributed by atoms with Crippen LogP contribution in [0.5, 0.6) is 0 Å². The largest absolute Gasteiger partial charge is 0.479 e. The molecule has 46 heavy (non-hydrogen) atoms. The number of pyridine rings is 1. The first-order valence-electron chi connectivity index (χ1n) is 16.3. The van der Waals surface area contributed by atoms with Crippen LogP contribution in [-0.4, -0.2) is 46.3 Å². The molecule has 7 nitrogen and oxygen atoms in total. The maximum atomic E-state index is 12.8. The summed E-state index contributed by atoms with van der Waals surface area (Å²) in [5.74, 6) is -0.989. The molecule has 0 saturated carbocycles. The zero-order valence-electron chi connectivity index (χ0n) is 28.2. The van der Waals surface area contributed by atoms with E-state index >= 15 is 0 Å². The molecule has 0 radical (unpaired) electrons. The number of aromatic nitrogens is 2. The second kappa shape index (κ2) is 12.5. The van der Waals surface area contributed by atoms with E-state index in [-0.39, 0.29) is 5.41 Å². The van der Waals surface area contributed by atoms with Gasteiger partial charge in [-0.15, -0.1) is 11.3 Å². The van der Waals surface area contributed by atoms with Crippen molar-refractivity contribution in [1.82, 2.24) is 9.97 Å². The predicted molar refractivity (Wildman–Crippen MR) is 188 cm³/mol. The molecule has 1 saturated heterocycles. The molecule has 6 rings (SSSR count). The van der Waals surface area contributed by atoms with Gasteiger partial charge in [-0.25, -0.2) is 9.78 Å². The Kier molecular flexibility index (Phi) is 8.72. The number of anilines is 2. The minimum atomic E-state index is -1.12. The van der Waals surface area contributed by atoms with E-state index in [0.29, 0.717) is 11.3 Å². The number of aryl methyl sites for hydroxylation is 2. The Morgan fingerprint density at radius 2 is 1.65 bits per heavy atom. The van der Waals surface area contributed by atoms with Gasteiger partial charge in [0, 0.05) is 59.6 Å². The van der Waals surface area contributed by atoms with Gasteiger partial charge in [-0.3, -0.25) is 4.98 Å². The molecule has 242 valence electrons. The average Bonchev–Trinajstić information content (AvgIpc) is 3.50. The number of benzene rings is 2. The first kappa shape index (κ1) is 32.2. The van der Waals surface area contributed by atoms with Gasteiger partial charge in [-0.1, -0.05) is 62.4 Å². The molecule has 1 atom stereocenters. The van der Waals surface area contributed by atoms with Crippen LogP contribution in [0.25, 0.3) is 22.4 Å². The smallest absolute Gasteiger partial charge is 0.337 e. The van der Waals surface area contributed by atoms with Crippen molar-refractivity contribution in [2.45, 2.75) is 86.0 Å². The standard InChI is InChI=1S/C38H46N4O3S/c1-24-31(33(41-19-16-38(6,7)17-20-41)32(25(2)39-24)34(35(43)44)45-37(3,4)5)28-13-14-29-22-42(18-15-27(29)21-28)36-40-30(23-46-36)26-11-9-8-10-12-26/h8-14,21,23,34H,15-20,22H2,1-7H3,(H,43,44). The lowest BCUT2D eigenvalue weighted by atomic mass is 9.81. The van der Waals surface area contributed by atoms with E-state index in [2.05, 4.69) is 66.3 Å². The lowest BCUT2D eigenvalue weighted by Gasteiger charge is -2.41. The highest BCUT2D eigenvalue weighted by atomic mass is 32.1. The molecule has 2 aliphatic heterocycles. The lowest BCUT2D eigenvalue weighted by molar-refractivity contribution is -0.160. The average molecular weight is 639 g/mol. The van der Waals surface area contributed by atoms with Gasteiger partial charge in [0.05, 0.1) is 17.0 Å². The Balaban J connectivity index is 1.39. The summed E-state index contributed by atoms with van der Waals surface area (Å²) in [4.78, 5) is 27.6. The van der Waals surface area contributed by atoms with Crippen LogP contribution in [0.1, 0.15) is 81.6 Å². The van der Waals surface area contributed by atoms with Crippen LogP contribution in [-0.2, 0) is 22.5 Å². The Hall–Kier alpha value is -3.75. The number of rotatable bonds is 7. The second-order valence-electron chi connectivity index (χ2n) is 14.6. The Labute approximate surface area is 277 Å². The van der Waals surface area contributed by atoms with Crippen molar-refractivity contribution in [2.24, 2.45) is 5.41 Å². The van der Waals surface area contributed by atoms with Gasteiger partial charge in [0.15, 0.2) is 11.2 Å². The molecule has 2 aromatic carbocycles. The van der Waals surface area contributed by atoms with Crippen molar-refractivity contribution in [3.63, 3.8) is 0 Å². The van der Waals surface area contributed by atoms with Gasteiger partial charge < -0.3 is 19.6 Å². The molecule has 4 heterocycles.